The van der Waals surface area contributed by atoms with E-state index in [4.69, 9.17) is 0 Å². The predicted molar refractivity (Wildman–Crippen MR) is 134 cm³/mol. The number of anilines is 1. The molecule has 4 amide bonds. The number of benzene rings is 3. The van der Waals surface area contributed by atoms with Gasteiger partial charge in [-0.05, 0) is 42.3 Å². The molecule has 0 aliphatic carbocycles. The molecule has 0 bridgehead atoms. The zero-order chi connectivity index (χ0) is 25.2. The molecule has 0 spiro atoms. The Morgan fingerprint density at radius 1 is 0.686 bits per heavy atom. The summed E-state index contributed by atoms with van der Waals surface area (Å²) in [6.07, 6.45) is 0.609. The second-order valence-corrected chi connectivity index (χ2v) is 8.01. The zero-order valence-electron chi connectivity index (χ0n) is 19.6. The Morgan fingerprint density at radius 2 is 1.23 bits per heavy atom. The third-order valence-electron chi connectivity index (χ3n) is 5.57. The maximum Gasteiger partial charge on any atom is 0.269 e. The van der Waals surface area contributed by atoms with Crippen LogP contribution in [0.4, 0.5) is 5.69 Å². The van der Waals surface area contributed by atoms with E-state index in [1.807, 2.05) is 13.8 Å². The first-order valence-corrected chi connectivity index (χ1v) is 11.3. The summed E-state index contributed by atoms with van der Waals surface area (Å²) in [5.74, 6) is -2.13. The van der Waals surface area contributed by atoms with Gasteiger partial charge in [-0.15, -0.1) is 0 Å². The van der Waals surface area contributed by atoms with Crippen molar-refractivity contribution in [1.82, 2.24) is 16.2 Å². The van der Waals surface area contributed by atoms with Gasteiger partial charge in [-0.2, -0.15) is 0 Å². The van der Waals surface area contributed by atoms with Crippen LogP contribution in [0.2, 0.25) is 0 Å². The number of hydrogen-bond acceptors (Lipinski definition) is 4. The highest BCUT2D eigenvalue weighted by Crippen LogP contribution is 2.18. The van der Waals surface area contributed by atoms with E-state index < -0.39 is 23.8 Å². The van der Waals surface area contributed by atoms with E-state index in [0.29, 0.717) is 23.2 Å². The Bertz CT molecular complexity index is 1180. The molecule has 0 heterocycles. The van der Waals surface area contributed by atoms with Crippen LogP contribution in [0.5, 0.6) is 0 Å². The fourth-order valence-corrected chi connectivity index (χ4v) is 3.35. The predicted octanol–water partition coefficient (Wildman–Crippen LogP) is 3.54. The largest absolute Gasteiger partial charge is 0.340 e. The summed E-state index contributed by atoms with van der Waals surface area (Å²) in [6, 6.07) is 22.8. The van der Waals surface area contributed by atoms with Crippen LogP contribution in [0.25, 0.3) is 0 Å². The molecule has 0 radical (unpaired) electrons. The summed E-state index contributed by atoms with van der Waals surface area (Å²) in [6.45, 7) is 3.72. The molecular formula is C27H28N4O4. The number of carbonyl (C=O) groups is 4. The Balaban J connectivity index is 1.71. The fraction of sp³-hybridized carbons (Fsp3) is 0.185. The molecule has 3 aromatic rings. The smallest absolute Gasteiger partial charge is 0.269 e. The summed E-state index contributed by atoms with van der Waals surface area (Å²) in [5.41, 5.74) is 6.15. The van der Waals surface area contributed by atoms with Gasteiger partial charge in [-0.25, -0.2) is 0 Å². The molecule has 3 rings (SSSR count). The van der Waals surface area contributed by atoms with Gasteiger partial charge in [0.25, 0.3) is 23.6 Å². The molecule has 8 nitrogen and oxygen atoms in total. The van der Waals surface area contributed by atoms with E-state index in [2.05, 4.69) is 21.5 Å². The van der Waals surface area contributed by atoms with Gasteiger partial charge in [0.05, 0.1) is 11.3 Å². The first-order valence-electron chi connectivity index (χ1n) is 11.3. The van der Waals surface area contributed by atoms with Crippen molar-refractivity contribution in [2.24, 2.45) is 5.92 Å². The number of para-hydroxylation sites is 1. The number of hydrazine groups is 1. The van der Waals surface area contributed by atoms with Gasteiger partial charge in [0.15, 0.2) is 0 Å². The number of nitrogens with one attached hydrogen (secondary N) is 4. The molecule has 0 aliphatic rings. The van der Waals surface area contributed by atoms with Crippen molar-refractivity contribution in [2.75, 3.05) is 5.32 Å². The molecule has 0 fully saturated rings. The lowest BCUT2D eigenvalue weighted by Gasteiger charge is -2.24. The highest BCUT2D eigenvalue weighted by atomic mass is 16.2. The lowest BCUT2D eigenvalue weighted by molar-refractivity contribution is -0.124. The van der Waals surface area contributed by atoms with Crippen LogP contribution in [-0.2, 0) is 4.79 Å². The molecule has 0 aliphatic heterocycles. The summed E-state index contributed by atoms with van der Waals surface area (Å²) < 4.78 is 0. The van der Waals surface area contributed by atoms with E-state index >= 15 is 0 Å². The average Bonchev–Trinajstić information content (AvgIpc) is 2.90. The van der Waals surface area contributed by atoms with Gasteiger partial charge in [0.2, 0.25) is 0 Å². The minimum atomic E-state index is -0.915. The maximum atomic E-state index is 13.1. The van der Waals surface area contributed by atoms with Gasteiger partial charge >= 0.3 is 0 Å². The lowest BCUT2D eigenvalue weighted by Crippen LogP contribution is -2.54. The summed E-state index contributed by atoms with van der Waals surface area (Å²) >= 11 is 0. The molecular weight excluding hydrogens is 444 g/mol. The standard InChI is InChI=1S/C27H28N4O4/c1-3-18(2)23(27(35)31-30-25(33)20-14-8-5-9-15-20)29-26(34)21-16-10-11-17-22(21)28-24(32)19-12-6-4-7-13-19/h4-18,23H,3H2,1-2H3,(H,28,32)(H,29,34)(H,30,33)(H,31,35)/t18-,23-/m1/s1. The maximum absolute atomic E-state index is 13.1. The van der Waals surface area contributed by atoms with Gasteiger partial charge in [0, 0.05) is 11.1 Å². The molecule has 8 heteroatoms. The lowest BCUT2D eigenvalue weighted by atomic mass is 9.98. The number of hydrogen-bond donors (Lipinski definition) is 4. The highest BCUT2D eigenvalue weighted by molar-refractivity contribution is 6.09. The molecule has 0 saturated carbocycles. The third-order valence-corrected chi connectivity index (χ3v) is 5.57. The van der Waals surface area contributed by atoms with Crippen molar-refractivity contribution in [3.8, 4) is 0 Å². The first kappa shape index (κ1) is 25.2. The summed E-state index contributed by atoms with van der Waals surface area (Å²) in [5, 5.41) is 5.50. The van der Waals surface area contributed by atoms with Crippen molar-refractivity contribution in [3.63, 3.8) is 0 Å². The first-order chi connectivity index (χ1) is 16.9. The van der Waals surface area contributed by atoms with E-state index in [0.717, 1.165) is 0 Å². The fourth-order valence-electron chi connectivity index (χ4n) is 3.35. The van der Waals surface area contributed by atoms with Crippen LogP contribution in [0, 0.1) is 5.92 Å². The Morgan fingerprint density at radius 3 is 1.83 bits per heavy atom. The average molecular weight is 473 g/mol. The van der Waals surface area contributed by atoms with Gasteiger partial charge < -0.3 is 10.6 Å². The van der Waals surface area contributed by atoms with Crippen LogP contribution < -0.4 is 21.5 Å². The van der Waals surface area contributed by atoms with Gasteiger partial charge in [-0.1, -0.05) is 68.8 Å². The van der Waals surface area contributed by atoms with Gasteiger partial charge in [-0.3, -0.25) is 30.0 Å². The van der Waals surface area contributed by atoms with Crippen LogP contribution in [0.15, 0.2) is 84.9 Å². The van der Waals surface area contributed by atoms with E-state index in [1.165, 1.54) is 0 Å². The Labute approximate surface area is 204 Å². The molecule has 3 aromatic carbocycles. The van der Waals surface area contributed by atoms with E-state index in [9.17, 15) is 19.2 Å². The minimum absolute atomic E-state index is 0.214. The van der Waals surface area contributed by atoms with Crippen LogP contribution in [-0.4, -0.2) is 29.7 Å². The molecule has 4 N–H and O–H groups in total. The minimum Gasteiger partial charge on any atom is -0.340 e. The molecule has 0 aromatic heterocycles. The second-order valence-electron chi connectivity index (χ2n) is 8.01. The second kappa shape index (κ2) is 12.1. The molecule has 35 heavy (non-hydrogen) atoms. The Hall–Kier alpha value is -4.46. The Kier molecular flexibility index (Phi) is 8.72. The number of amides is 4. The number of carbonyl (C=O) groups excluding carboxylic acids is 4. The molecule has 0 unspecified atom stereocenters. The monoisotopic (exact) mass is 472 g/mol. The van der Waals surface area contributed by atoms with Crippen LogP contribution >= 0.6 is 0 Å². The SMILES string of the molecule is CC[C@@H](C)[C@@H](NC(=O)c1ccccc1NC(=O)c1ccccc1)C(=O)NNC(=O)c1ccccc1. The quantitative estimate of drug-likeness (QED) is 0.375. The summed E-state index contributed by atoms with van der Waals surface area (Å²) in [4.78, 5) is 50.9. The topological polar surface area (TPSA) is 116 Å². The normalized spacial score (nSPS) is 12.1. The highest BCUT2D eigenvalue weighted by Gasteiger charge is 2.27. The van der Waals surface area contributed by atoms with E-state index in [1.54, 1.807) is 84.9 Å². The van der Waals surface area contributed by atoms with Crippen molar-refractivity contribution >= 4 is 29.3 Å². The van der Waals surface area contributed by atoms with Crippen molar-refractivity contribution in [1.29, 1.82) is 0 Å². The molecule has 2 atom stereocenters. The number of rotatable bonds is 8. The summed E-state index contributed by atoms with van der Waals surface area (Å²) in [7, 11) is 0. The van der Waals surface area contributed by atoms with Crippen molar-refractivity contribution < 1.29 is 19.2 Å². The van der Waals surface area contributed by atoms with Crippen LogP contribution in [0.1, 0.15) is 51.3 Å². The van der Waals surface area contributed by atoms with E-state index in [-0.39, 0.29) is 17.4 Å². The third kappa shape index (κ3) is 6.77. The molecule has 180 valence electrons. The zero-order valence-corrected chi connectivity index (χ0v) is 19.6. The van der Waals surface area contributed by atoms with Crippen LogP contribution in [0.3, 0.4) is 0 Å². The molecule has 0 saturated heterocycles. The van der Waals surface area contributed by atoms with Crippen molar-refractivity contribution in [3.05, 3.63) is 102 Å². The van der Waals surface area contributed by atoms with Crippen molar-refractivity contribution in [2.45, 2.75) is 26.3 Å². The van der Waals surface area contributed by atoms with Gasteiger partial charge in [0.1, 0.15) is 6.04 Å².